The number of nitrogens with one attached hydrogen (secondary N) is 2. The van der Waals surface area contributed by atoms with Crippen LogP contribution in [-0.4, -0.2) is 35.3 Å². The Hall–Kier alpha value is -2.37. The summed E-state index contributed by atoms with van der Waals surface area (Å²) in [5.74, 6) is -0.363. The molecule has 0 unspecified atom stereocenters. The van der Waals surface area contributed by atoms with Crippen LogP contribution in [0.2, 0.25) is 0 Å². The Bertz CT molecular complexity index is 574. The average molecular weight is 317 g/mol. The summed E-state index contributed by atoms with van der Waals surface area (Å²) in [4.78, 5) is 37.5. The van der Waals surface area contributed by atoms with Gasteiger partial charge >= 0.3 is 6.03 Å². The van der Waals surface area contributed by atoms with Gasteiger partial charge in [-0.25, -0.2) is 4.79 Å². The van der Waals surface area contributed by atoms with E-state index in [0.29, 0.717) is 13.0 Å². The summed E-state index contributed by atoms with van der Waals surface area (Å²) in [7, 11) is 0. The third kappa shape index (κ3) is 4.09. The molecule has 0 bridgehead atoms. The van der Waals surface area contributed by atoms with Crippen molar-refractivity contribution in [1.82, 2.24) is 15.5 Å². The van der Waals surface area contributed by atoms with Gasteiger partial charge in [-0.15, -0.1) is 0 Å². The van der Waals surface area contributed by atoms with Crippen LogP contribution >= 0.6 is 0 Å². The molecule has 1 aliphatic heterocycles. The van der Waals surface area contributed by atoms with Gasteiger partial charge in [-0.1, -0.05) is 37.3 Å². The van der Waals surface area contributed by atoms with E-state index in [1.54, 1.807) is 0 Å². The minimum absolute atomic E-state index is 0.0940. The number of hydrogen-bond donors (Lipinski definition) is 2. The van der Waals surface area contributed by atoms with Crippen LogP contribution in [0.1, 0.15) is 44.7 Å². The summed E-state index contributed by atoms with van der Waals surface area (Å²) in [6.45, 7) is 4.42. The van der Waals surface area contributed by atoms with E-state index in [0.717, 1.165) is 12.0 Å². The van der Waals surface area contributed by atoms with Gasteiger partial charge < -0.3 is 10.6 Å². The van der Waals surface area contributed by atoms with E-state index >= 15 is 0 Å². The molecule has 23 heavy (non-hydrogen) atoms. The molecule has 1 aromatic rings. The predicted molar refractivity (Wildman–Crippen MR) is 86.6 cm³/mol. The van der Waals surface area contributed by atoms with Crippen molar-refractivity contribution in [2.75, 3.05) is 6.54 Å². The normalized spacial score (nSPS) is 18.7. The molecule has 124 valence electrons. The summed E-state index contributed by atoms with van der Waals surface area (Å²) in [5, 5.41) is 5.44. The molecule has 0 aromatic heterocycles. The first-order valence-electron chi connectivity index (χ1n) is 7.99. The molecule has 1 heterocycles. The van der Waals surface area contributed by atoms with Gasteiger partial charge in [0.25, 0.3) is 5.91 Å². The number of carbonyl (C=O) groups is 3. The second kappa shape index (κ2) is 7.76. The molecule has 1 fully saturated rings. The summed E-state index contributed by atoms with van der Waals surface area (Å²) in [5.41, 5.74) is 0.900. The zero-order valence-corrected chi connectivity index (χ0v) is 13.5. The topological polar surface area (TPSA) is 78.5 Å². The number of benzene rings is 1. The quantitative estimate of drug-likeness (QED) is 0.755. The first kappa shape index (κ1) is 17.0. The Kier molecular flexibility index (Phi) is 5.73. The molecule has 4 amide bonds. The molecule has 0 saturated carbocycles. The van der Waals surface area contributed by atoms with E-state index in [4.69, 9.17) is 0 Å². The molecule has 0 spiro atoms. The Labute approximate surface area is 136 Å². The monoisotopic (exact) mass is 317 g/mol. The summed E-state index contributed by atoms with van der Waals surface area (Å²) >= 11 is 0. The van der Waals surface area contributed by atoms with E-state index in [9.17, 15) is 14.4 Å². The molecule has 1 aromatic carbocycles. The van der Waals surface area contributed by atoms with Crippen LogP contribution in [0.3, 0.4) is 0 Å². The Morgan fingerprint density at radius 1 is 1.30 bits per heavy atom. The lowest BCUT2D eigenvalue weighted by Crippen LogP contribution is -2.34. The van der Waals surface area contributed by atoms with E-state index in [1.165, 1.54) is 4.90 Å². The van der Waals surface area contributed by atoms with Crippen molar-refractivity contribution < 1.29 is 14.4 Å². The van der Waals surface area contributed by atoms with Crippen LogP contribution in [0.15, 0.2) is 30.3 Å². The van der Waals surface area contributed by atoms with Crippen LogP contribution in [-0.2, 0) is 9.59 Å². The number of carbonyl (C=O) groups excluding carboxylic acids is 3. The number of rotatable bonds is 7. The Morgan fingerprint density at radius 3 is 2.65 bits per heavy atom. The predicted octanol–water partition coefficient (Wildman–Crippen LogP) is 1.97. The molecule has 1 saturated heterocycles. The molecule has 6 nitrogen and oxygen atoms in total. The lowest BCUT2D eigenvalue weighted by atomic mass is 10.1. The minimum Gasteiger partial charge on any atom is -0.356 e. The highest BCUT2D eigenvalue weighted by molar-refractivity contribution is 6.04. The molecule has 2 N–H and O–H groups in total. The molecule has 6 heteroatoms. The number of imide groups is 1. The van der Waals surface area contributed by atoms with Crippen LogP contribution < -0.4 is 10.6 Å². The largest absolute Gasteiger partial charge is 0.356 e. The van der Waals surface area contributed by atoms with Gasteiger partial charge in [0.1, 0.15) is 6.04 Å². The van der Waals surface area contributed by atoms with Crippen molar-refractivity contribution in [3.05, 3.63) is 35.9 Å². The molecular formula is C17H23N3O3. The lowest BCUT2D eigenvalue weighted by molar-refractivity contribution is -0.129. The maximum atomic E-state index is 12.5. The molecule has 1 aliphatic rings. The van der Waals surface area contributed by atoms with Gasteiger partial charge in [-0.05, 0) is 25.3 Å². The van der Waals surface area contributed by atoms with Crippen molar-refractivity contribution in [3.63, 3.8) is 0 Å². The molecule has 2 atom stereocenters. The molecule has 2 rings (SSSR count). The van der Waals surface area contributed by atoms with Gasteiger partial charge in [0.05, 0.1) is 6.04 Å². The fourth-order valence-corrected chi connectivity index (χ4v) is 2.62. The maximum Gasteiger partial charge on any atom is 0.325 e. The summed E-state index contributed by atoms with van der Waals surface area (Å²) in [6.07, 6.45) is 1.41. The van der Waals surface area contributed by atoms with Gasteiger partial charge in [0.15, 0.2) is 0 Å². The highest BCUT2D eigenvalue weighted by atomic mass is 16.2. The first-order chi connectivity index (χ1) is 11.0. The van der Waals surface area contributed by atoms with Crippen molar-refractivity contribution in [3.8, 4) is 0 Å². The highest BCUT2D eigenvalue weighted by Crippen LogP contribution is 2.25. The Balaban J connectivity index is 1.96. The van der Waals surface area contributed by atoms with E-state index in [-0.39, 0.29) is 24.3 Å². The standard InChI is InChI=1S/C17H23N3O3/c1-3-11-18-15(21)10-9-14-16(22)20(17(23)19-14)12(2)13-7-5-4-6-8-13/h4-8,12,14H,3,9-11H2,1-2H3,(H,18,21)(H,19,23)/t12-,14+/m1/s1. The highest BCUT2D eigenvalue weighted by Gasteiger charge is 2.40. The fourth-order valence-electron chi connectivity index (χ4n) is 2.62. The van der Waals surface area contributed by atoms with Crippen molar-refractivity contribution >= 4 is 17.8 Å². The van der Waals surface area contributed by atoms with E-state index in [1.807, 2.05) is 44.2 Å². The smallest absolute Gasteiger partial charge is 0.325 e. The second-order valence-corrected chi connectivity index (χ2v) is 5.69. The zero-order valence-electron chi connectivity index (χ0n) is 13.5. The first-order valence-corrected chi connectivity index (χ1v) is 7.99. The fraction of sp³-hybridized carbons (Fsp3) is 0.471. The number of nitrogens with zero attached hydrogens (tertiary/aromatic N) is 1. The van der Waals surface area contributed by atoms with Crippen molar-refractivity contribution in [1.29, 1.82) is 0 Å². The molecule has 0 radical (unpaired) electrons. The van der Waals surface area contributed by atoms with E-state index in [2.05, 4.69) is 10.6 Å². The SMILES string of the molecule is CCCNC(=O)CC[C@@H]1NC(=O)N([C@H](C)c2ccccc2)C1=O. The number of hydrogen-bond acceptors (Lipinski definition) is 3. The van der Waals surface area contributed by atoms with Crippen LogP contribution in [0.4, 0.5) is 4.79 Å². The lowest BCUT2D eigenvalue weighted by Gasteiger charge is -2.21. The maximum absolute atomic E-state index is 12.5. The van der Waals surface area contributed by atoms with Crippen molar-refractivity contribution in [2.45, 2.75) is 45.2 Å². The van der Waals surface area contributed by atoms with Gasteiger partial charge in [0.2, 0.25) is 5.91 Å². The van der Waals surface area contributed by atoms with Crippen LogP contribution in [0, 0.1) is 0 Å². The van der Waals surface area contributed by atoms with Gasteiger partial charge in [-0.3, -0.25) is 14.5 Å². The molecule has 0 aliphatic carbocycles. The molecular weight excluding hydrogens is 294 g/mol. The zero-order chi connectivity index (χ0) is 16.8. The second-order valence-electron chi connectivity index (χ2n) is 5.69. The van der Waals surface area contributed by atoms with Crippen molar-refractivity contribution in [2.24, 2.45) is 0 Å². The number of urea groups is 1. The average Bonchev–Trinajstić information content (AvgIpc) is 2.85. The summed E-state index contributed by atoms with van der Waals surface area (Å²) < 4.78 is 0. The van der Waals surface area contributed by atoms with E-state index < -0.39 is 12.1 Å². The Morgan fingerprint density at radius 2 is 2.00 bits per heavy atom. The van der Waals surface area contributed by atoms with Crippen LogP contribution in [0.25, 0.3) is 0 Å². The van der Waals surface area contributed by atoms with Gasteiger partial charge in [-0.2, -0.15) is 0 Å². The third-order valence-corrected chi connectivity index (χ3v) is 3.95. The third-order valence-electron chi connectivity index (χ3n) is 3.95. The van der Waals surface area contributed by atoms with Gasteiger partial charge in [0, 0.05) is 13.0 Å². The number of amides is 4. The van der Waals surface area contributed by atoms with Crippen LogP contribution in [0.5, 0.6) is 0 Å². The summed E-state index contributed by atoms with van der Waals surface area (Å²) in [6, 6.07) is 8.06. The minimum atomic E-state index is -0.624.